The summed E-state index contributed by atoms with van der Waals surface area (Å²) < 4.78 is 7.29. The van der Waals surface area contributed by atoms with Crippen LogP contribution >= 0.6 is 34.4 Å². The number of esters is 1. The van der Waals surface area contributed by atoms with Gasteiger partial charge in [0, 0.05) is 22.7 Å². The van der Waals surface area contributed by atoms with E-state index in [-0.39, 0.29) is 17.6 Å². The lowest BCUT2D eigenvalue weighted by molar-refractivity contribution is -0.113. The second-order valence-electron chi connectivity index (χ2n) is 8.17. The van der Waals surface area contributed by atoms with Gasteiger partial charge in [-0.2, -0.15) is 0 Å². The number of hydrogen-bond acceptors (Lipinski definition) is 8. The molecule has 3 aromatic rings. The minimum absolute atomic E-state index is 0.162. The third-order valence-electron chi connectivity index (χ3n) is 5.59. The van der Waals surface area contributed by atoms with Crippen LogP contribution in [0.3, 0.4) is 0 Å². The number of carbonyl (C=O) groups excluding carboxylic acids is 2. The lowest BCUT2D eigenvalue weighted by atomic mass is 9.88. The fourth-order valence-corrected chi connectivity index (χ4v) is 6.87. The van der Waals surface area contributed by atoms with Crippen molar-refractivity contribution in [2.75, 3.05) is 17.7 Å². The summed E-state index contributed by atoms with van der Waals surface area (Å²) in [6.07, 6.45) is 5.28. The number of thioether (sulfide) groups is 1. The summed E-state index contributed by atoms with van der Waals surface area (Å²) in [6.45, 7) is 8.72. The average molecular weight is 517 g/mol. The molecule has 34 heavy (non-hydrogen) atoms. The highest BCUT2D eigenvalue weighted by atomic mass is 32.2. The standard InChI is InChI=1S/C24H28N4O3S3/c1-4-10-28-19(13-16-7-6-11-32-16)26-27-24(28)33-14-20(29)25-22-21(23(30)31-5-2)17-9-8-15(3)12-18(17)34-22/h4,6-7,11,15H,1,5,8-10,12-14H2,2-3H3,(H,25,29). The van der Waals surface area contributed by atoms with Gasteiger partial charge in [-0.1, -0.05) is 30.8 Å². The lowest BCUT2D eigenvalue weighted by Crippen LogP contribution is -2.18. The first-order valence-corrected chi connectivity index (χ1v) is 14.0. The Morgan fingerprint density at radius 1 is 1.41 bits per heavy atom. The molecule has 1 atom stereocenters. The molecule has 0 radical (unpaired) electrons. The van der Waals surface area contributed by atoms with Crippen molar-refractivity contribution in [2.24, 2.45) is 5.92 Å². The Morgan fingerprint density at radius 2 is 2.26 bits per heavy atom. The molecule has 1 N–H and O–H groups in total. The molecule has 7 nitrogen and oxygen atoms in total. The Bertz CT molecular complexity index is 1170. The summed E-state index contributed by atoms with van der Waals surface area (Å²) in [4.78, 5) is 27.9. The quantitative estimate of drug-likeness (QED) is 0.226. The Kier molecular flexibility index (Phi) is 8.23. The Labute approximate surface area is 211 Å². The maximum atomic E-state index is 12.9. The van der Waals surface area contributed by atoms with E-state index in [2.05, 4.69) is 35.1 Å². The van der Waals surface area contributed by atoms with Gasteiger partial charge in [0.1, 0.15) is 10.8 Å². The molecule has 3 aromatic heterocycles. The van der Waals surface area contributed by atoms with E-state index < -0.39 is 0 Å². The molecular formula is C24H28N4O3S3. The van der Waals surface area contributed by atoms with Crippen LogP contribution in [0.4, 0.5) is 5.00 Å². The number of rotatable bonds is 10. The Hall–Kier alpha value is -2.43. The molecule has 0 spiro atoms. The van der Waals surface area contributed by atoms with E-state index in [1.807, 2.05) is 16.0 Å². The van der Waals surface area contributed by atoms with Gasteiger partial charge in [-0.15, -0.1) is 39.4 Å². The first kappa shape index (κ1) is 24.7. The molecule has 1 unspecified atom stereocenters. The van der Waals surface area contributed by atoms with Gasteiger partial charge in [0.15, 0.2) is 5.16 Å². The third-order valence-corrected chi connectivity index (χ3v) is 8.61. The number of allylic oxidation sites excluding steroid dienone is 1. The molecule has 0 aromatic carbocycles. The van der Waals surface area contributed by atoms with Crippen LogP contribution in [0.1, 0.15) is 51.8 Å². The van der Waals surface area contributed by atoms with Gasteiger partial charge in [-0.3, -0.25) is 4.79 Å². The number of fused-ring (bicyclic) bond motifs is 1. The van der Waals surface area contributed by atoms with Gasteiger partial charge in [-0.25, -0.2) is 4.79 Å². The number of thiophene rings is 2. The SMILES string of the molecule is C=CCn1c(Cc2cccs2)nnc1SCC(=O)Nc1sc2c(c1C(=O)OCC)CCC(C)C2. The van der Waals surface area contributed by atoms with Crippen molar-refractivity contribution in [2.45, 2.75) is 51.2 Å². The summed E-state index contributed by atoms with van der Waals surface area (Å²) in [6, 6.07) is 4.09. The first-order valence-electron chi connectivity index (χ1n) is 11.3. The van der Waals surface area contributed by atoms with Crippen molar-refractivity contribution >= 4 is 51.3 Å². The van der Waals surface area contributed by atoms with E-state index in [4.69, 9.17) is 4.74 Å². The number of nitrogens with zero attached hydrogens (tertiary/aromatic N) is 3. The van der Waals surface area contributed by atoms with Crippen LogP contribution in [0, 0.1) is 5.92 Å². The third kappa shape index (κ3) is 5.61. The number of carbonyl (C=O) groups is 2. The van der Waals surface area contributed by atoms with Gasteiger partial charge in [-0.05, 0) is 49.1 Å². The molecule has 1 aliphatic carbocycles. The summed E-state index contributed by atoms with van der Waals surface area (Å²) in [7, 11) is 0. The van der Waals surface area contributed by atoms with E-state index in [9.17, 15) is 9.59 Å². The van der Waals surface area contributed by atoms with Crippen LogP contribution in [0.15, 0.2) is 35.3 Å². The molecule has 0 saturated heterocycles. The fraction of sp³-hybridized carbons (Fsp3) is 0.417. The summed E-state index contributed by atoms with van der Waals surface area (Å²) >= 11 is 4.51. The van der Waals surface area contributed by atoms with Gasteiger partial charge in [0.2, 0.25) is 5.91 Å². The van der Waals surface area contributed by atoms with Gasteiger partial charge in [0.25, 0.3) is 0 Å². The number of ether oxygens (including phenoxy) is 1. The summed E-state index contributed by atoms with van der Waals surface area (Å²) in [5, 5.41) is 14.9. The number of anilines is 1. The highest BCUT2D eigenvalue weighted by molar-refractivity contribution is 7.99. The van der Waals surface area contributed by atoms with Gasteiger partial charge >= 0.3 is 5.97 Å². The maximum Gasteiger partial charge on any atom is 0.341 e. The van der Waals surface area contributed by atoms with E-state index in [0.29, 0.717) is 41.2 Å². The minimum atomic E-state index is -0.360. The Balaban J connectivity index is 1.47. The van der Waals surface area contributed by atoms with Crippen LogP contribution in [0.5, 0.6) is 0 Å². The van der Waals surface area contributed by atoms with Gasteiger partial charge < -0.3 is 14.6 Å². The minimum Gasteiger partial charge on any atom is -0.462 e. The van der Waals surface area contributed by atoms with Crippen LogP contribution in [0.25, 0.3) is 0 Å². The van der Waals surface area contributed by atoms with E-state index in [1.165, 1.54) is 32.9 Å². The summed E-state index contributed by atoms with van der Waals surface area (Å²) in [5.74, 6) is 1.03. The monoisotopic (exact) mass is 516 g/mol. The smallest absolute Gasteiger partial charge is 0.341 e. The van der Waals surface area contributed by atoms with Crippen molar-refractivity contribution in [3.63, 3.8) is 0 Å². The normalized spacial score (nSPS) is 15.1. The maximum absolute atomic E-state index is 12.9. The van der Waals surface area contributed by atoms with E-state index in [0.717, 1.165) is 30.7 Å². The molecule has 1 aliphatic rings. The molecule has 10 heteroatoms. The van der Waals surface area contributed by atoms with Crippen LogP contribution in [-0.4, -0.2) is 39.0 Å². The molecule has 0 aliphatic heterocycles. The average Bonchev–Trinajstić information content (AvgIpc) is 3.53. The predicted octanol–water partition coefficient (Wildman–Crippen LogP) is 5.21. The zero-order valence-corrected chi connectivity index (χ0v) is 21.8. The number of amides is 1. The molecule has 180 valence electrons. The molecule has 0 bridgehead atoms. The highest BCUT2D eigenvalue weighted by Gasteiger charge is 2.29. The van der Waals surface area contributed by atoms with E-state index in [1.54, 1.807) is 24.3 Å². The molecular weight excluding hydrogens is 488 g/mol. The van der Waals surface area contributed by atoms with Crippen molar-refractivity contribution in [3.8, 4) is 0 Å². The largest absolute Gasteiger partial charge is 0.462 e. The highest BCUT2D eigenvalue weighted by Crippen LogP contribution is 2.40. The fourth-order valence-electron chi connectivity index (χ4n) is 3.99. The van der Waals surface area contributed by atoms with E-state index >= 15 is 0 Å². The molecule has 3 heterocycles. The van der Waals surface area contributed by atoms with Crippen LogP contribution in [-0.2, 0) is 35.3 Å². The zero-order chi connectivity index (χ0) is 24.1. The number of aromatic nitrogens is 3. The molecule has 0 fully saturated rings. The Morgan fingerprint density at radius 3 is 3.00 bits per heavy atom. The predicted molar refractivity (Wildman–Crippen MR) is 138 cm³/mol. The van der Waals surface area contributed by atoms with Crippen LogP contribution < -0.4 is 5.32 Å². The molecule has 0 saturated carbocycles. The van der Waals surface area contributed by atoms with Crippen molar-refractivity contribution in [1.82, 2.24) is 14.8 Å². The van der Waals surface area contributed by atoms with Crippen molar-refractivity contribution in [1.29, 1.82) is 0 Å². The summed E-state index contributed by atoms with van der Waals surface area (Å²) in [5.41, 5.74) is 1.56. The van der Waals surface area contributed by atoms with Crippen molar-refractivity contribution < 1.29 is 14.3 Å². The number of hydrogen-bond donors (Lipinski definition) is 1. The first-order chi connectivity index (χ1) is 16.5. The molecule has 4 rings (SSSR count). The topological polar surface area (TPSA) is 86.1 Å². The van der Waals surface area contributed by atoms with Crippen LogP contribution in [0.2, 0.25) is 0 Å². The van der Waals surface area contributed by atoms with Gasteiger partial charge in [0.05, 0.1) is 17.9 Å². The second kappa shape index (κ2) is 11.3. The lowest BCUT2D eigenvalue weighted by Gasteiger charge is -2.18. The second-order valence-corrected chi connectivity index (χ2v) is 11.2. The zero-order valence-electron chi connectivity index (χ0n) is 19.3. The number of nitrogens with one attached hydrogen (secondary N) is 1. The molecule has 1 amide bonds. The van der Waals surface area contributed by atoms with Crippen molar-refractivity contribution in [3.05, 3.63) is 56.9 Å².